The summed E-state index contributed by atoms with van der Waals surface area (Å²) < 4.78 is 0. The van der Waals surface area contributed by atoms with Crippen LogP contribution in [-0.4, -0.2) is 46.6 Å². The van der Waals surface area contributed by atoms with Crippen LogP contribution in [-0.2, 0) is 0 Å². The van der Waals surface area contributed by atoms with Crippen LogP contribution < -0.4 is 11.1 Å². The van der Waals surface area contributed by atoms with Gasteiger partial charge in [0.05, 0.1) is 11.9 Å². The second-order valence-electron chi connectivity index (χ2n) is 5.63. The molecule has 0 aliphatic carbocycles. The van der Waals surface area contributed by atoms with Gasteiger partial charge in [0.25, 0.3) is 0 Å². The molecule has 2 heterocycles. The molecule has 1 aliphatic rings. The highest BCUT2D eigenvalue weighted by molar-refractivity contribution is 5.94. The quantitative estimate of drug-likeness (QED) is 0.695. The van der Waals surface area contributed by atoms with Crippen molar-refractivity contribution in [1.29, 1.82) is 0 Å². The average Bonchev–Trinajstić information content (AvgIpc) is 2.46. The van der Waals surface area contributed by atoms with Gasteiger partial charge in [-0.05, 0) is 38.8 Å². The highest BCUT2D eigenvalue weighted by Crippen LogP contribution is 2.17. The molecule has 1 aliphatic heterocycles. The molecule has 1 atom stereocenters. The van der Waals surface area contributed by atoms with E-state index in [0.29, 0.717) is 24.1 Å². The highest BCUT2D eigenvalue weighted by atomic mass is 16.4. The van der Waals surface area contributed by atoms with E-state index >= 15 is 0 Å². The minimum absolute atomic E-state index is 0.126. The summed E-state index contributed by atoms with van der Waals surface area (Å²) in [5, 5.41) is 12.2. The van der Waals surface area contributed by atoms with Crippen LogP contribution >= 0.6 is 0 Å². The molecule has 6 heteroatoms. The summed E-state index contributed by atoms with van der Waals surface area (Å²) in [7, 11) is 0. The summed E-state index contributed by atoms with van der Waals surface area (Å²) in [6.45, 7) is 5.18. The maximum Gasteiger partial charge on any atom is 0.339 e. The van der Waals surface area contributed by atoms with Gasteiger partial charge in [-0.15, -0.1) is 0 Å². The summed E-state index contributed by atoms with van der Waals surface area (Å²) in [6, 6.07) is 2.09. The Kier molecular flexibility index (Phi) is 5.38. The van der Waals surface area contributed by atoms with Crippen molar-refractivity contribution in [2.75, 3.05) is 30.7 Å². The fourth-order valence-electron chi connectivity index (χ4n) is 2.76. The van der Waals surface area contributed by atoms with E-state index in [1.807, 2.05) is 0 Å². The average molecular weight is 292 g/mol. The number of nitrogen functional groups attached to an aromatic ring is 1. The first-order chi connectivity index (χ1) is 10.1. The topological polar surface area (TPSA) is 91.5 Å². The van der Waals surface area contributed by atoms with Crippen LogP contribution in [0.1, 0.15) is 43.0 Å². The largest absolute Gasteiger partial charge is 0.478 e. The van der Waals surface area contributed by atoms with Crippen molar-refractivity contribution in [3.05, 3.63) is 17.8 Å². The van der Waals surface area contributed by atoms with Gasteiger partial charge in [-0.25, -0.2) is 9.78 Å². The summed E-state index contributed by atoms with van der Waals surface area (Å²) in [5.41, 5.74) is 6.06. The third-order valence-corrected chi connectivity index (χ3v) is 3.99. The third-order valence-electron chi connectivity index (χ3n) is 3.99. The van der Waals surface area contributed by atoms with Gasteiger partial charge in [-0.3, -0.25) is 0 Å². The van der Waals surface area contributed by atoms with E-state index in [9.17, 15) is 4.79 Å². The number of rotatable bonds is 6. The second-order valence-corrected chi connectivity index (χ2v) is 5.63. The first-order valence-corrected chi connectivity index (χ1v) is 7.54. The van der Waals surface area contributed by atoms with Crippen LogP contribution in [0, 0.1) is 0 Å². The number of carboxylic acid groups (broad SMARTS) is 1. The molecule has 0 saturated carbocycles. The molecule has 1 saturated heterocycles. The van der Waals surface area contributed by atoms with Crippen LogP contribution in [0.3, 0.4) is 0 Å². The molecule has 116 valence electrons. The molecule has 0 bridgehead atoms. The normalized spacial score (nSPS) is 19.4. The second kappa shape index (κ2) is 7.26. The van der Waals surface area contributed by atoms with Gasteiger partial charge in [0.15, 0.2) is 0 Å². The van der Waals surface area contributed by atoms with E-state index in [-0.39, 0.29) is 5.56 Å². The van der Waals surface area contributed by atoms with Gasteiger partial charge in [0.1, 0.15) is 11.4 Å². The predicted molar refractivity (Wildman–Crippen MR) is 83.6 cm³/mol. The zero-order chi connectivity index (χ0) is 15.2. The van der Waals surface area contributed by atoms with Crippen LogP contribution in [0.4, 0.5) is 11.5 Å². The van der Waals surface area contributed by atoms with Crippen molar-refractivity contribution in [3.8, 4) is 0 Å². The van der Waals surface area contributed by atoms with E-state index in [1.54, 1.807) is 0 Å². The molecule has 1 aromatic heterocycles. The fraction of sp³-hybridized carbons (Fsp3) is 0.600. The number of carbonyl (C=O) groups is 1. The maximum atomic E-state index is 11.2. The molecule has 1 unspecified atom stereocenters. The van der Waals surface area contributed by atoms with Crippen molar-refractivity contribution in [2.24, 2.45) is 0 Å². The molecule has 6 nitrogen and oxygen atoms in total. The van der Waals surface area contributed by atoms with Crippen LogP contribution in [0.5, 0.6) is 0 Å². The van der Waals surface area contributed by atoms with Gasteiger partial charge >= 0.3 is 5.97 Å². The predicted octanol–water partition coefficient (Wildman–Crippen LogP) is 2.04. The van der Waals surface area contributed by atoms with Gasteiger partial charge in [-0.1, -0.05) is 6.42 Å². The minimum Gasteiger partial charge on any atom is -0.478 e. The molecule has 21 heavy (non-hydrogen) atoms. The van der Waals surface area contributed by atoms with E-state index in [0.717, 1.165) is 13.0 Å². The molecule has 0 aromatic carbocycles. The Morgan fingerprint density at radius 2 is 2.38 bits per heavy atom. The lowest BCUT2D eigenvalue weighted by Gasteiger charge is -2.33. The van der Waals surface area contributed by atoms with Crippen molar-refractivity contribution in [3.63, 3.8) is 0 Å². The Bertz CT molecular complexity index is 493. The number of nitrogens with two attached hydrogens (primary N) is 1. The molecular weight excluding hydrogens is 268 g/mol. The van der Waals surface area contributed by atoms with Crippen LogP contribution in [0.25, 0.3) is 0 Å². The lowest BCUT2D eigenvalue weighted by molar-refractivity contribution is 0.0697. The van der Waals surface area contributed by atoms with E-state index in [1.165, 1.54) is 38.1 Å². The smallest absolute Gasteiger partial charge is 0.339 e. The maximum absolute atomic E-state index is 11.2. The Labute approximate surface area is 125 Å². The third kappa shape index (κ3) is 4.32. The number of pyridine rings is 1. The summed E-state index contributed by atoms with van der Waals surface area (Å²) >= 11 is 0. The first-order valence-electron chi connectivity index (χ1n) is 7.54. The molecule has 0 spiro atoms. The summed E-state index contributed by atoms with van der Waals surface area (Å²) in [6.07, 6.45) is 6.32. The molecule has 2 rings (SSSR count). The number of piperidine rings is 1. The Hall–Kier alpha value is -1.82. The van der Waals surface area contributed by atoms with Gasteiger partial charge in [0, 0.05) is 19.1 Å². The standard InChI is InChI=1S/C15H24N4O2/c1-11-5-2-3-7-19(11)8-4-6-17-14-13(15(20)21)9-12(16)10-18-14/h9-11H,2-8,16H2,1H3,(H,17,18)(H,20,21). The van der Waals surface area contributed by atoms with Gasteiger partial charge in [-0.2, -0.15) is 0 Å². The monoisotopic (exact) mass is 292 g/mol. The molecule has 4 N–H and O–H groups in total. The molecule has 1 fully saturated rings. The number of hydrogen-bond acceptors (Lipinski definition) is 5. The summed E-state index contributed by atoms with van der Waals surface area (Å²) in [4.78, 5) is 17.7. The van der Waals surface area contributed by atoms with Gasteiger partial charge in [0.2, 0.25) is 0 Å². The fourth-order valence-corrected chi connectivity index (χ4v) is 2.76. The number of likely N-dealkylation sites (tertiary alicyclic amines) is 1. The zero-order valence-corrected chi connectivity index (χ0v) is 12.5. The minimum atomic E-state index is -1.01. The number of hydrogen-bond donors (Lipinski definition) is 3. The number of nitrogens with zero attached hydrogens (tertiary/aromatic N) is 2. The SMILES string of the molecule is CC1CCCCN1CCCNc1ncc(N)cc1C(=O)O. The molecular formula is C15H24N4O2. The van der Waals surface area contributed by atoms with Crippen LogP contribution in [0.15, 0.2) is 12.3 Å². The zero-order valence-electron chi connectivity index (χ0n) is 12.5. The van der Waals surface area contributed by atoms with Gasteiger partial charge < -0.3 is 21.1 Å². The van der Waals surface area contributed by atoms with Crippen LogP contribution in [0.2, 0.25) is 0 Å². The van der Waals surface area contributed by atoms with Crippen molar-refractivity contribution < 1.29 is 9.90 Å². The first kappa shape index (κ1) is 15.6. The van der Waals surface area contributed by atoms with Crippen molar-refractivity contribution in [2.45, 2.75) is 38.6 Å². The Morgan fingerprint density at radius 3 is 3.10 bits per heavy atom. The van der Waals surface area contributed by atoms with Crippen molar-refractivity contribution >= 4 is 17.5 Å². The molecule has 1 aromatic rings. The molecule has 0 radical (unpaired) electrons. The summed E-state index contributed by atoms with van der Waals surface area (Å²) in [5.74, 6) is -0.620. The number of nitrogens with one attached hydrogen (secondary N) is 1. The lowest BCUT2D eigenvalue weighted by Crippen LogP contribution is -2.38. The van der Waals surface area contributed by atoms with E-state index in [2.05, 4.69) is 22.1 Å². The molecule has 0 amide bonds. The number of aromatic carboxylic acids is 1. The van der Waals surface area contributed by atoms with Crippen molar-refractivity contribution in [1.82, 2.24) is 9.88 Å². The number of anilines is 2. The van der Waals surface area contributed by atoms with E-state index in [4.69, 9.17) is 10.8 Å². The Balaban J connectivity index is 1.82. The van der Waals surface area contributed by atoms with E-state index < -0.39 is 5.97 Å². The number of aromatic nitrogens is 1. The number of carboxylic acids is 1. The lowest BCUT2D eigenvalue weighted by atomic mass is 10.0. The Morgan fingerprint density at radius 1 is 1.57 bits per heavy atom. The highest BCUT2D eigenvalue weighted by Gasteiger charge is 2.17.